The molecule has 170 valence electrons. The molecule has 8 heteroatoms. The number of nitrogens with one attached hydrogen (secondary N) is 2. The molecule has 1 aliphatic heterocycles. The molecular formula is C22H36IN3O4. The van der Waals surface area contributed by atoms with Crippen molar-refractivity contribution in [2.45, 2.75) is 53.2 Å². The highest BCUT2D eigenvalue weighted by Gasteiger charge is 2.18. The van der Waals surface area contributed by atoms with E-state index in [1.807, 2.05) is 46.8 Å². The molecular weight excluding hydrogens is 497 g/mol. The fourth-order valence-corrected chi connectivity index (χ4v) is 2.89. The molecule has 7 nitrogen and oxygen atoms in total. The molecule has 0 aliphatic carbocycles. The number of carbonyl (C=O) groups excluding carboxylic acids is 1. The lowest BCUT2D eigenvalue weighted by atomic mass is 10.1. The van der Waals surface area contributed by atoms with E-state index in [-0.39, 0.29) is 36.5 Å². The Morgan fingerprint density at radius 3 is 2.70 bits per heavy atom. The Morgan fingerprint density at radius 1 is 1.30 bits per heavy atom. The Bertz CT molecular complexity index is 698. The van der Waals surface area contributed by atoms with Gasteiger partial charge in [0.1, 0.15) is 17.9 Å². The fraction of sp³-hybridized carbons (Fsp3) is 0.636. The molecule has 0 saturated carbocycles. The summed E-state index contributed by atoms with van der Waals surface area (Å²) in [6, 6.07) is 6.13. The second-order valence-electron chi connectivity index (χ2n) is 8.29. The van der Waals surface area contributed by atoms with Crippen molar-refractivity contribution in [3.8, 4) is 5.75 Å². The standard InChI is InChI=1S/C22H35N3O4.HI/c1-6-23-21(25-13-20(26)29-22(3,4)5)24-12-18-8-7-16(2)11-19(18)28-15-17-9-10-27-14-17;/h7-8,11,17H,6,9-10,12-15H2,1-5H3,(H2,23,24,25);1H. The number of benzene rings is 1. The Labute approximate surface area is 197 Å². The first kappa shape index (κ1) is 26.5. The SMILES string of the molecule is CCNC(=NCc1ccc(C)cc1OCC1CCOC1)NCC(=O)OC(C)(C)C.I. The van der Waals surface area contributed by atoms with Gasteiger partial charge in [-0.15, -0.1) is 24.0 Å². The lowest BCUT2D eigenvalue weighted by Gasteiger charge is -2.20. The molecule has 0 bridgehead atoms. The number of esters is 1. The molecule has 2 rings (SSSR count). The van der Waals surface area contributed by atoms with Crippen LogP contribution in [0.1, 0.15) is 45.2 Å². The second kappa shape index (κ2) is 13.0. The van der Waals surface area contributed by atoms with E-state index in [0.29, 0.717) is 31.6 Å². The molecule has 1 aromatic rings. The molecule has 1 aliphatic rings. The van der Waals surface area contributed by atoms with E-state index >= 15 is 0 Å². The lowest BCUT2D eigenvalue weighted by Crippen LogP contribution is -2.41. The first-order valence-corrected chi connectivity index (χ1v) is 10.3. The van der Waals surface area contributed by atoms with Crippen LogP contribution in [-0.4, -0.2) is 50.4 Å². The zero-order valence-corrected chi connectivity index (χ0v) is 21.1. The van der Waals surface area contributed by atoms with Crippen LogP contribution < -0.4 is 15.4 Å². The summed E-state index contributed by atoms with van der Waals surface area (Å²) in [4.78, 5) is 16.6. The number of aliphatic imine (C=N–C) groups is 1. The molecule has 1 aromatic carbocycles. The maximum Gasteiger partial charge on any atom is 0.325 e. The molecule has 1 fully saturated rings. The molecule has 0 aromatic heterocycles. The van der Waals surface area contributed by atoms with Gasteiger partial charge in [0, 0.05) is 24.6 Å². The number of guanidine groups is 1. The summed E-state index contributed by atoms with van der Waals surface area (Å²) in [5.74, 6) is 1.54. The van der Waals surface area contributed by atoms with Gasteiger partial charge in [-0.3, -0.25) is 4.79 Å². The van der Waals surface area contributed by atoms with E-state index in [2.05, 4.69) is 21.7 Å². The first-order valence-electron chi connectivity index (χ1n) is 10.3. The van der Waals surface area contributed by atoms with Crippen LogP contribution in [0, 0.1) is 12.8 Å². The fourth-order valence-electron chi connectivity index (χ4n) is 2.89. The van der Waals surface area contributed by atoms with E-state index in [1.54, 1.807) is 0 Å². The molecule has 30 heavy (non-hydrogen) atoms. The Hall–Kier alpha value is -1.55. The van der Waals surface area contributed by atoms with Gasteiger partial charge in [0.25, 0.3) is 0 Å². The monoisotopic (exact) mass is 533 g/mol. The highest BCUT2D eigenvalue weighted by Crippen LogP contribution is 2.23. The van der Waals surface area contributed by atoms with Gasteiger partial charge in [-0.1, -0.05) is 12.1 Å². The smallest absolute Gasteiger partial charge is 0.325 e. The van der Waals surface area contributed by atoms with E-state index in [9.17, 15) is 4.79 Å². The van der Waals surface area contributed by atoms with Crippen LogP contribution in [-0.2, 0) is 20.8 Å². The Kier molecular flexibility index (Phi) is 11.5. The van der Waals surface area contributed by atoms with Crippen LogP contribution >= 0.6 is 24.0 Å². The zero-order chi connectivity index (χ0) is 21.3. The predicted octanol–water partition coefficient (Wildman–Crippen LogP) is 3.43. The molecule has 1 atom stereocenters. The van der Waals surface area contributed by atoms with Crippen molar-refractivity contribution in [3.63, 3.8) is 0 Å². The molecule has 2 N–H and O–H groups in total. The second-order valence-corrected chi connectivity index (χ2v) is 8.29. The molecule has 0 radical (unpaired) electrons. The number of halogens is 1. The number of hydrogen-bond donors (Lipinski definition) is 2. The Morgan fingerprint density at radius 2 is 2.07 bits per heavy atom. The molecule has 1 saturated heterocycles. The summed E-state index contributed by atoms with van der Waals surface area (Å²) in [5, 5.41) is 6.18. The van der Waals surface area contributed by atoms with Crippen LogP contribution in [0.2, 0.25) is 0 Å². The largest absolute Gasteiger partial charge is 0.493 e. The van der Waals surface area contributed by atoms with E-state index < -0.39 is 5.60 Å². The van der Waals surface area contributed by atoms with Crippen LogP contribution in [0.15, 0.2) is 23.2 Å². The van der Waals surface area contributed by atoms with Crippen LogP contribution in [0.3, 0.4) is 0 Å². The number of hydrogen-bond acceptors (Lipinski definition) is 5. The van der Waals surface area contributed by atoms with E-state index in [1.165, 1.54) is 0 Å². The number of rotatable bonds is 8. The molecule has 0 spiro atoms. The van der Waals surface area contributed by atoms with E-state index in [0.717, 1.165) is 36.5 Å². The average Bonchev–Trinajstić information content (AvgIpc) is 3.15. The topological polar surface area (TPSA) is 81.2 Å². The highest BCUT2D eigenvalue weighted by atomic mass is 127. The summed E-state index contributed by atoms with van der Waals surface area (Å²) in [6.07, 6.45) is 1.04. The third kappa shape index (κ3) is 9.97. The molecule has 0 amide bonds. The Balaban J connectivity index is 0.00000450. The number of ether oxygens (including phenoxy) is 3. The van der Waals surface area contributed by atoms with Gasteiger partial charge in [-0.2, -0.15) is 0 Å². The number of nitrogens with zero attached hydrogens (tertiary/aromatic N) is 1. The van der Waals surface area contributed by atoms with E-state index in [4.69, 9.17) is 14.2 Å². The van der Waals surface area contributed by atoms with Crippen molar-refractivity contribution >= 4 is 35.9 Å². The van der Waals surface area contributed by atoms with Gasteiger partial charge < -0.3 is 24.8 Å². The number of carbonyl (C=O) groups is 1. The van der Waals surface area contributed by atoms with Crippen molar-refractivity contribution in [3.05, 3.63) is 29.3 Å². The van der Waals surface area contributed by atoms with Gasteiger partial charge in [-0.25, -0.2) is 4.99 Å². The summed E-state index contributed by atoms with van der Waals surface area (Å²) in [5.41, 5.74) is 1.64. The summed E-state index contributed by atoms with van der Waals surface area (Å²) in [6.45, 7) is 13.0. The van der Waals surface area contributed by atoms with Crippen molar-refractivity contribution in [1.29, 1.82) is 0 Å². The van der Waals surface area contributed by atoms with Gasteiger partial charge in [0.2, 0.25) is 0 Å². The maximum atomic E-state index is 11.9. The van der Waals surface area contributed by atoms with Crippen molar-refractivity contribution in [2.24, 2.45) is 10.9 Å². The first-order chi connectivity index (χ1) is 13.8. The minimum absolute atomic E-state index is 0. The number of aryl methyl sites for hydroxylation is 1. The van der Waals surface area contributed by atoms with Gasteiger partial charge in [0.05, 0.1) is 19.8 Å². The zero-order valence-electron chi connectivity index (χ0n) is 18.7. The normalized spacial score (nSPS) is 16.6. The third-order valence-corrected chi connectivity index (χ3v) is 4.29. The minimum Gasteiger partial charge on any atom is -0.493 e. The van der Waals surface area contributed by atoms with Crippen molar-refractivity contribution in [2.75, 3.05) is 32.9 Å². The molecule has 1 unspecified atom stereocenters. The van der Waals surface area contributed by atoms with Crippen LogP contribution in [0.4, 0.5) is 0 Å². The minimum atomic E-state index is -0.507. The average molecular weight is 533 g/mol. The molecule has 1 heterocycles. The summed E-state index contributed by atoms with van der Waals surface area (Å²) in [7, 11) is 0. The van der Waals surface area contributed by atoms with Gasteiger partial charge in [-0.05, 0) is 52.7 Å². The van der Waals surface area contributed by atoms with Crippen LogP contribution in [0.25, 0.3) is 0 Å². The third-order valence-electron chi connectivity index (χ3n) is 4.29. The van der Waals surface area contributed by atoms with Crippen molar-refractivity contribution < 1.29 is 19.0 Å². The van der Waals surface area contributed by atoms with Gasteiger partial charge >= 0.3 is 5.97 Å². The maximum absolute atomic E-state index is 11.9. The van der Waals surface area contributed by atoms with Crippen LogP contribution in [0.5, 0.6) is 5.75 Å². The van der Waals surface area contributed by atoms with Crippen molar-refractivity contribution in [1.82, 2.24) is 10.6 Å². The predicted molar refractivity (Wildman–Crippen MR) is 130 cm³/mol. The summed E-state index contributed by atoms with van der Waals surface area (Å²) < 4.78 is 16.8. The highest BCUT2D eigenvalue weighted by molar-refractivity contribution is 14.0. The lowest BCUT2D eigenvalue weighted by molar-refractivity contribution is -0.153. The summed E-state index contributed by atoms with van der Waals surface area (Å²) >= 11 is 0. The van der Waals surface area contributed by atoms with Gasteiger partial charge in [0.15, 0.2) is 5.96 Å². The quantitative estimate of drug-likeness (QED) is 0.231.